The van der Waals surface area contributed by atoms with Gasteiger partial charge in [0, 0.05) is 13.1 Å². The quantitative estimate of drug-likeness (QED) is 0.679. The van der Waals surface area contributed by atoms with Crippen molar-refractivity contribution >= 4 is 21.8 Å². The minimum Gasteiger partial charge on any atom is -0.461 e. The molecular formula is C11H20N4O4S. The Morgan fingerprint density at radius 2 is 2.10 bits per heavy atom. The normalized spacial score (nSPS) is 11.6. The third kappa shape index (κ3) is 3.94. The van der Waals surface area contributed by atoms with Crippen molar-refractivity contribution in [2.45, 2.75) is 27.3 Å². The molecule has 1 rings (SSSR count). The molecule has 0 saturated heterocycles. The number of hydrogen-bond acceptors (Lipinski definition) is 6. The molecule has 0 unspecified atom stereocenters. The highest BCUT2D eigenvalue weighted by atomic mass is 32.2. The topological polar surface area (TPSA) is 116 Å². The highest BCUT2D eigenvalue weighted by Gasteiger charge is 2.20. The lowest BCUT2D eigenvalue weighted by Gasteiger charge is -2.08. The van der Waals surface area contributed by atoms with Crippen molar-refractivity contribution in [3.8, 4) is 0 Å². The van der Waals surface area contributed by atoms with Crippen LogP contribution in [-0.2, 0) is 21.3 Å². The van der Waals surface area contributed by atoms with Crippen LogP contribution in [-0.4, -0.2) is 42.8 Å². The van der Waals surface area contributed by atoms with E-state index in [-0.39, 0.29) is 30.4 Å². The lowest BCUT2D eigenvalue weighted by Crippen LogP contribution is -2.28. The van der Waals surface area contributed by atoms with Gasteiger partial charge in [0.15, 0.2) is 5.69 Å². The van der Waals surface area contributed by atoms with Gasteiger partial charge >= 0.3 is 5.97 Å². The molecule has 0 fully saturated rings. The lowest BCUT2D eigenvalue weighted by molar-refractivity contribution is 0.0521. The number of nitrogens with one attached hydrogen (secondary N) is 1. The van der Waals surface area contributed by atoms with Crippen LogP contribution in [0, 0.1) is 6.92 Å². The van der Waals surface area contributed by atoms with Crippen LogP contribution in [0.1, 0.15) is 30.2 Å². The van der Waals surface area contributed by atoms with E-state index in [1.807, 2.05) is 0 Å². The molecule has 0 bridgehead atoms. The van der Waals surface area contributed by atoms with Crippen molar-refractivity contribution < 1.29 is 17.9 Å². The molecule has 1 aromatic heterocycles. The van der Waals surface area contributed by atoms with E-state index in [0.717, 1.165) is 0 Å². The molecule has 0 spiro atoms. The first kappa shape index (κ1) is 16.4. The molecule has 0 radical (unpaired) electrons. The van der Waals surface area contributed by atoms with Gasteiger partial charge in [0.1, 0.15) is 11.6 Å². The monoisotopic (exact) mass is 304 g/mol. The predicted octanol–water partition coefficient (Wildman–Crippen LogP) is -0.110. The number of sulfonamides is 1. The van der Waals surface area contributed by atoms with E-state index in [9.17, 15) is 13.2 Å². The summed E-state index contributed by atoms with van der Waals surface area (Å²) in [5.74, 6) is -0.156. The number of ether oxygens (including phenoxy) is 1. The fourth-order valence-electron chi connectivity index (χ4n) is 1.72. The van der Waals surface area contributed by atoms with Crippen molar-refractivity contribution in [2.24, 2.45) is 0 Å². The summed E-state index contributed by atoms with van der Waals surface area (Å²) in [5.41, 5.74) is 5.84. The van der Waals surface area contributed by atoms with E-state index in [1.165, 1.54) is 4.57 Å². The first-order chi connectivity index (χ1) is 9.32. The fourth-order valence-corrected chi connectivity index (χ4v) is 2.72. The molecule has 0 saturated carbocycles. The number of carbonyl (C=O) groups is 1. The van der Waals surface area contributed by atoms with Crippen LogP contribution in [0.3, 0.4) is 0 Å². The third-order valence-electron chi connectivity index (χ3n) is 2.61. The molecule has 1 aromatic rings. The second kappa shape index (κ2) is 6.71. The van der Waals surface area contributed by atoms with Crippen molar-refractivity contribution in [1.82, 2.24) is 14.3 Å². The maximum absolute atomic E-state index is 11.6. The lowest BCUT2D eigenvalue weighted by atomic mass is 10.4. The number of nitrogens with zero attached hydrogens (tertiary/aromatic N) is 2. The zero-order chi connectivity index (χ0) is 15.3. The summed E-state index contributed by atoms with van der Waals surface area (Å²) >= 11 is 0. The Bertz CT molecular complexity index is 579. The Morgan fingerprint density at radius 1 is 1.45 bits per heavy atom. The summed E-state index contributed by atoms with van der Waals surface area (Å²) in [6, 6.07) is 0. The summed E-state index contributed by atoms with van der Waals surface area (Å²) in [7, 11) is -3.35. The van der Waals surface area contributed by atoms with Gasteiger partial charge in [0.2, 0.25) is 10.0 Å². The Hall–Kier alpha value is -1.61. The standard InChI is InChI=1S/C11H20N4O4S/c1-4-13-20(17,18)7-6-15-8(3)14-9(10(15)12)11(16)19-5-2/h13H,4-7,12H2,1-3H3. The molecule has 8 nitrogen and oxygen atoms in total. The first-order valence-electron chi connectivity index (χ1n) is 6.29. The average Bonchev–Trinajstić information content (AvgIpc) is 2.63. The summed E-state index contributed by atoms with van der Waals surface area (Å²) in [6.07, 6.45) is 0. The Morgan fingerprint density at radius 3 is 2.65 bits per heavy atom. The molecule has 0 aliphatic carbocycles. The van der Waals surface area contributed by atoms with Crippen molar-refractivity contribution in [3.05, 3.63) is 11.5 Å². The van der Waals surface area contributed by atoms with Gasteiger partial charge in [-0.2, -0.15) is 0 Å². The van der Waals surface area contributed by atoms with Crippen LogP contribution >= 0.6 is 0 Å². The molecule has 0 aliphatic heterocycles. The van der Waals surface area contributed by atoms with Crippen molar-refractivity contribution in [3.63, 3.8) is 0 Å². The summed E-state index contributed by atoms with van der Waals surface area (Å²) in [4.78, 5) is 15.6. The van der Waals surface area contributed by atoms with Crippen LogP contribution in [0.4, 0.5) is 5.82 Å². The Kier molecular flexibility index (Phi) is 5.52. The zero-order valence-corrected chi connectivity index (χ0v) is 12.7. The predicted molar refractivity (Wildman–Crippen MR) is 74.8 cm³/mol. The molecule has 9 heteroatoms. The van der Waals surface area contributed by atoms with E-state index in [2.05, 4.69) is 9.71 Å². The van der Waals surface area contributed by atoms with Gasteiger partial charge < -0.3 is 15.0 Å². The molecule has 0 aromatic carbocycles. The number of hydrogen-bond donors (Lipinski definition) is 2. The number of imidazole rings is 1. The van der Waals surface area contributed by atoms with E-state index < -0.39 is 16.0 Å². The average molecular weight is 304 g/mol. The van der Waals surface area contributed by atoms with E-state index in [1.54, 1.807) is 20.8 Å². The molecule has 114 valence electrons. The molecule has 0 atom stereocenters. The molecule has 1 heterocycles. The number of aryl methyl sites for hydroxylation is 1. The van der Waals surface area contributed by atoms with Crippen molar-refractivity contribution in [2.75, 3.05) is 24.6 Å². The van der Waals surface area contributed by atoms with Crippen LogP contribution in [0.15, 0.2) is 0 Å². The smallest absolute Gasteiger partial charge is 0.360 e. The van der Waals surface area contributed by atoms with E-state index >= 15 is 0 Å². The number of nitrogens with two attached hydrogens (primary N) is 1. The number of nitrogen functional groups attached to an aromatic ring is 1. The van der Waals surface area contributed by atoms with Gasteiger partial charge in [-0.1, -0.05) is 6.92 Å². The minimum atomic E-state index is -3.35. The van der Waals surface area contributed by atoms with Gasteiger partial charge in [0.25, 0.3) is 0 Å². The first-order valence-corrected chi connectivity index (χ1v) is 7.94. The van der Waals surface area contributed by atoms with Crippen LogP contribution in [0.25, 0.3) is 0 Å². The van der Waals surface area contributed by atoms with Gasteiger partial charge in [-0.25, -0.2) is 22.9 Å². The molecule has 0 amide bonds. The number of esters is 1. The van der Waals surface area contributed by atoms with Gasteiger partial charge in [-0.15, -0.1) is 0 Å². The Balaban J connectivity index is 2.90. The summed E-state index contributed by atoms with van der Waals surface area (Å²) < 4.78 is 31.9. The number of rotatable bonds is 7. The largest absolute Gasteiger partial charge is 0.461 e. The van der Waals surface area contributed by atoms with Gasteiger partial charge in [0.05, 0.1) is 12.4 Å². The highest BCUT2D eigenvalue weighted by Crippen LogP contribution is 2.15. The second-order valence-corrected chi connectivity index (χ2v) is 6.01. The van der Waals surface area contributed by atoms with Crippen LogP contribution in [0.5, 0.6) is 0 Å². The van der Waals surface area contributed by atoms with Gasteiger partial charge in [-0.3, -0.25) is 0 Å². The third-order valence-corrected chi connectivity index (χ3v) is 4.06. The van der Waals surface area contributed by atoms with Crippen LogP contribution < -0.4 is 10.5 Å². The maximum atomic E-state index is 11.6. The number of carbonyl (C=O) groups excluding carboxylic acids is 1. The minimum absolute atomic E-state index is 0.0187. The molecule has 0 aliphatic rings. The number of anilines is 1. The summed E-state index contributed by atoms with van der Waals surface area (Å²) in [5, 5.41) is 0. The Labute approximate surface area is 118 Å². The van der Waals surface area contributed by atoms with Crippen molar-refractivity contribution in [1.29, 1.82) is 0 Å². The van der Waals surface area contributed by atoms with E-state index in [0.29, 0.717) is 12.4 Å². The fraction of sp³-hybridized carbons (Fsp3) is 0.636. The molecule has 20 heavy (non-hydrogen) atoms. The molecule has 3 N–H and O–H groups in total. The number of aromatic nitrogens is 2. The second-order valence-electron chi connectivity index (χ2n) is 4.08. The van der Waals surface area contributed by atoms with Crippen LogP contribution in [0.2, 0.25) is 0 Å². The maximum Gasteiger partial charge on any atom is 0.360 e. The zero-order valence-electron chi connectivity index (χ0n) is 11.8. The summed E-state index contributed by atoms with van der Waals surface area (Å²) in [6.45, 7) is 5.71. The van der Waals surface area contributed by atoms with E-state index in [4.69, 9.17) is 10.5 Å². The highest BCUT2D eigenvalue weighted by molar-refractivity contribution is 7.89. The van der Waals surface area contributed by atoms with Gasteiger partial charge in [-0.05, 0) is 13.8 Å². The molecular weight excluding hydrogens is 284 g/mol. The SMILES string of the molecule is CCNS(=O)(=O)CCn1c(C)nc(C(=O)OCC)c1N.